The number of ether oxygens (including phenoxy) is 2. The lowest BCUT2D eigenvalue weighted by Crippen LogP contribution is -2.47. The Kier molecular flexibility index (Phi) is 6.87. The number of hydrazine groups is 1. The second-order valence-corrected chi connectivity index (χ2v) is 6.68. The third kappa shape index (κ3) is 5.26. The van der Waals surface area contributed by atoms with E-state index < -0.39 is 17.9 Å². The largest absolute Gasteiger partial charge is 0.494 e. The standard InChI is InChI=1S/C21H22N4O4S/c1-3-28-17-8-10-18(11-9-17)29-14(2)19(26)23-24-20(27)15-4-6-16(7-5-15)25-13-12-22-21(25)30/h4-14H,3H2,1-2H3,(H,22,30)(H,23,26)(H,24,27)/t14-/m0/s1. The number of H-pyrrole nitrogens is 1. The van der Waals surface area contributed by atoms with E-state index in [1.165, 1.54) is 0 Å². The minimum atomic E-state index is -0.805. The number of carbonyl (C=O) groups excluding carboxylic acids is 2. The van der Waals surface area contributed by atoms with Crippen molar-refractivity contribution in [2.45, 2.75) is 20.0 Å². The molecule has 0 unspecified atom stereocenters. The molecule has 0 aliphatic heterocycles. The maximum absolute atomic E-state index is 12.3. The van der Waals surface area contributed by atoms with Crippen molar-refractivity contribution >= 4 is 24.0 Å². The summed E-state index contributed by atoms with van der Waals surface area (Å²) < 4.78 is 13.3. The van der Waals surface area contributed by atoms with E-state index in [0.717, 1.165) is 11.4 Å². The average Bonchev–Trinajstić information content (AvgIpc) is 3.19. The van der Waals surface area contributed by atoms with Crippen LogP contribution in [-0.2, 0) is 4.79 Å². The quantitative estimate of drug-likeness (QED) is 0.398. The van der Waals surface area contributed by atoms with Crippen LogP contribution in [0.15, 0.2) is 60.9 Å². The number of hydrogen-bond acceptors (Lipinski definition) is 5. The summed E-state index contributed by atoms with van der Waals surface area (Å²) in [5, 5.41) is 0. The normalized spacial score (nSPS) is 11.4. The summed E-state index contributed by atoms with van der Waals surface area (Å²) in [6.07, 6.45) is 2.72. The molecule has 30 heavy (non-hydrogen) atoms. The first-order chi connectivity index (χ1) is 14.5. The molecule has 0 spiro atoms. The Balaban J connectivity index is 1.51. The molecular formula is C21H22N4O4S. The molecule has 9 heteroatoms. The van der Waals surface area contributed by atoms with Crippen LogP contribution >= 0.6 is 12.2 Å². The Morgan fingerprint density at radius 3 is 2.33 bits per heavy atom. The molecule has 3 aromatic rings. The maximum Gasteiger partial charge on any atom is 0.279 e. The zero-order chi connectivity index (χ0) is 21.5. The zero-order valence-electron chi connectivity index (χ0n) is 16.5. The highest BCUT2D eigenvalue weighted by Crippen LogP contribution is 2.18. The van der Waals surface area contributed by atoms with Gasteiger partial charge < -0.3 is 14.5 Å². The molecule has 0 bridgehead atoms. The molecule has 0 radical (unpaired) electrons. The van der Waals surface area contributed by atoms with Crippen molar-refractivity contribution in [1.82, 2.24) is 20.4 Å². The molecule has 0 aliphatic carbocycles. The van der Waals surface area contributed by atoms with Gasteiger partial charge in [-0.3, -0.25) is 25.0 Å². The molecule has 1 atom stereocenters. The van der Waals surface area contributed by atoms with Crippen molar-refractivity contribution in [2.24, 2.45) is 0 Å². The molecule has 0 fully saturated rings. The summed E-state index contributed by atoms with van der Waals surface area (Å²) in [4.78, 5) is 27.4. The van der Waals surface area contributed by atoms with E-state index in [2.05, 4.69) is 15.8 Å². The second-order valence-electron chi connectivity index (χ2n) is 6.29. The van der Waals surface area contributed by atoms with Gasteiger partial charge in [0.25, 0.3) is 11.8 Å². The SMILES string of the molecule is CCOc1ccc(O[C@@H](C)C(=O)NNC(=O)c2ccc(-n3cc[nH]c3=S)cc2)cc1. The molecular weight excluding hydrogens is 404 g/mol. The Morgan fingerprint density at radius 2 is 1.73 bits per heavy atom. The third-order valence-electron chi connectivity index (χ3n) is 4.17. The number of amides is 2. The predicted molar refractivity (Wildman–Crippen MR) is 114 cm³/mol. The van der Waals surface area contributed by atoms with Crippen LogP contribution in [0.4, 0.5) is 0 Å². The van der Waals surface area contributed by atoms with E-state index in [4.69, 9.17) is 21.7 Å². The highest BCUT2D eigenvalue weighted by molar-refractivity contribution is 7.71. The highest BCUT2D eigenvalue weighted by atomic mass is 32.1. The van der Waals surface area contributed by atoms with Crippen molar-refractivity contribution in [1.29, 1.82) is 0 Å². The van der Waals surface area contributed by atoms with Crippen molar-refractivity contribution < 1.29 is 19.1 Å². The van der Waals surface area contributed by atoms with Crippen LogP contribution in [-0.4, -0.2) is 34.1 Å². The molecule has 0 saturated heterocycles. The van der Waals surface area contributed by atoms with Crippen molar-refractivity contribution in [3.63, 3.8) is 0 Å². The van der Waals surface area contributed by atoms with Crippen molar-refractivity contribution in [2.75, 3.05) is 6.61 Å². The molecule has 1 heterocycles. The van der Waals surface area contributed by atoms with Crippen LogP contribution in [0.1, 0.15) is 24.2 Å². The molecule has 2 amide bonds. The van der Waals surface area contributed by atoms with Gasteiger partial charge in [-0.25, -0.2) is 0 Å². The van der Waals surface area contributed by atoms with Gasteiger partial charge in [0.15, 0.2) is 10.9 Å². The highest BCUT2D eigenvalue weighted by Gasteiger charge is 2.16. The molecule has 3 N–H and O–H groups in total. The monoisotopic (exact) mass is 426 g/mol. The summed E-state index contributed by atoms with van der Waals surface area (Å²) in [5.41, 5.74) is 5.96. The molecule has 0 saturated carbocycles. The lowest BCUT2D eigenvalue weighted by atomic mass is 10.2. The first kappa shape index (κ1) is 21.1. The average molecular weight is 426 g/mol. The Morgan fingerprint density at radius 1 is 1.07 bits per heavy atom. The van der Waals surface area contributed by atoms with Crippen molar-refractivity contribution in [3.05, 3.63) is 71.3 Å². The summed E-state index contributed by atoms with van der Waals surface area (Å²) in [6, 6.07) is 13.8. The van der Waals surface area contributed by atoms with Gasteiger partial charge in [0.2, 0.25) is 0 Å². The van der Waals surface area contributed by atoms with Crippen LogP contribution in [0.2, 0.25) is 0 Å². The topological polar surface area (TPSA) is 97.4 Å². The zero-order valence-corrected chi connectivity index (χ0v) is 17.4. The number of rotatable bonds is 7. The van der Waals surface area contributed by atoms with E-state index >= 15 is 0 Å². The predicted octanol–water partition coefficient (Wildman–Crippen LogP) is 3.16. The molecule has 3 rings (SSSR count). The van der Waals surface area contributed by atoms with E-state index in [1.807, 2.05) is 6.92 Å². The number of nitrogens with one attached hydrogen (secondary N) is 3. The number of nitrogens with zero attached hydrogens (tertiary/aromatic N) is 1. The van der Waals surface area contributed by atoms with E-state index in [9.17, 15) is 9.59 Å². The van der Waals surface area contributed by atoms with Crippen LogP contribution < -0.4 is 20.3 Å². The van der Waals surface area contributed by atoms with Gasteiger partial charge >= 0.3 is 0 Å². The van der Waals surface area contributed by atoms with Gasteiger partial charge in [-0.15, -0.1) is 0 Å². The van der Waals surface area contributed by atoms with Gasteiger partial charge in [-0.2, -0.15) is 0 Å². The summed E-state index contributed by atoms with van der Waals surface area (Å²) in [6.45, 7) is 4.06. The minimum Gasteiger partial charge on any atom is -0.494 e. The van der Waals surface area contributed by atoms with Gasteiger partial charge in [-0.05, 0) is 74.6 Å². The van der Waals surface area contributed by atoms with E-state index in [-0.39, 0.29) is 0 Å². The fourth-order valence-corrected chi connectivity index (χ4v) is 2.86. The molecule has 2 aromatic carbocycles. The smallest absolute Gasteiger partial charge is 0.279 e. The summed E-state index contributed by atoms with van der Waals surface area (Å²) in [5.74, 6) is 0.318. The van der Waals surface area contributed by atoms with Crippen molar-refractivity contribution in [3.8, 4) is 17.2 Å². The number of aromatic amines is 1. The lowest BCUT2D eigenvalue weighted by Gasteiger charge is -2.15. The summed E-state index contributed by atoms with van der Waals surface area (Å²) in [7, 11) is 0. The van der Waals surface area contributed by atoms with Crippen LogP contribution in [0.3, 0.4) is 0 Å². The first-order valence-corrected chi connectivity index (χ1v) is 9.75. The van der Waals surface area contributed by atoms with Gasteiger partial charge in [0.1, 0.15) is 11.5 Å². The Labute approximate surface area is 178 Å². The van der Waals surface area contributed by atoms with E-state index in [0.29, 0.717) is 22.7 Å². The number of hydrogen-bond donors (Lipinski definition) is 3. The van der Waals surface area contributed by atoms with Gasteiger partial charge in [0, 0.05) is 23.6 Å². The number of benzene rings is 2. The van der Waals surface area contributed by atoms with Gasteiger partial charge in [-0.1, -0.05) is 0 Å². The third-order valence-corrected chi connectivity index (χ3v) is 4.49. The fourth-order valence-electron chi connectivity index (χ4n) is 2.63. The molecule has 8 nitrogen and oxygen atoms in total. The number of imidazole rings is 1. The van der Waals surface area contributed by atoms with Gasteiger partial charge in [0.05, 0.1) is 6.61 Å². The minimum absolute atomic E-state index is 0.390. The maximum atomic E-state index is 12.3. The molecule has 0 aliphatic rings. The lowest BCUT2D eigenvalue weighted by molar-refractivity contribution is -0.128. The first-order valence-electron chi connectivity index (χ1n) is 9.34. The molecule has 1 aromatic heterocycles. The van der Waals surface area contributed by atoms with Crippen LogP contribution in [0.5, 0.6) is 11.5 Å². The molecule has 156 valence electrons. The Hall–Kier alpha value is -3.59. The summed E-state index contributed by atoms with van der Waals surface area (Å²) >= 11 is 5.17. The fraction of sp³-hybridized carbons (Fsp3) is 0.190. The van der Waals surface area contributed by atoms with Crippen LogP contribution in [0, 0.1) is 4.77 Å². The number of aromatic nitrogens is 2. The Bertz CT molecular complexity index is 1060. The van der Waals surface area contributed by atoms with E-state index in [1.54, 1.807) is 72.4 Å². The second kappa shape index (κ2) is 9.75. The number of carbonyl (C=O) groups is 2. The van der Waals surface area contributed by atoms with Crippen LogP contribution in [0.25, 0.3) is 5.69 Å².